The topological polar surface area (TPSA) is 71.4 Å². The largest absolute Gasteiger partial charge is 0.299 e. The Labute approximate surface area is 97.2 Å². The van der Waals surface area contributed by atoms with Crippen LogP contribution in [0.3, 0.4) is 0 Å². The molecule has 0 radical (unpaired) electrons. The van der Waals surface area contributed by atoms with E-state index in [0.29, 0.717) is 12.8 Å². The number of fused-ring (bicyclic) bond motifs is 2. The standard InChI is InChI=1S/C10H16O4S.CH4/c1-9(2)7-3-4-10(9,8(11)5-7)6-15(12,13)14;/h7H,3-6H2,1-2H3,(H,12,13,14);1H4. The SMILES string of the molecule is C.CC1(C)C2CCC1(CS(=O)(=O)O)C(=O)C2. The molecule has 2 aliphatic rings. The number of carbonyl (C=O) groups is 1. The molecular weight excluding hydrogens is 228 g/mol. The lowest BCUT2D eigenvalue weighted by Crippen LogP contribution is -2.42. The number of hydrogen-bond donors (Lipinski definition) is 1. The zero-order valence-electron chi connectivity index (χ0n) is 8.99. The van der Waals surface area contributed by atoms with Gasteiger partial charge in [-0.25, -0.2) is 0 Å². The van der Waals surface area contributed by atoms with Crippen LogP contribution in [0.15, 0.2) is 0 Å². The van der Waals surface area contributed by atoms with E-state index < -0.39 is 21.3 Å². The van der Waals surface area contributed by atoms with E-state index in [-0.39, 0.29) is 24.5 Å². The van der Waals surface area contributed by atoms with E-state index >= 15 is 0 Å². The van der Waals surface area contributed by atoms with Gasteiger partial charge in [-0.05, 0) is 24.2 Å². The molecule has 2 bridgehead atoms. The second kappa shape index (κ2) is 3.53. The molecule has 0 amide bonds. The number of Topliss-reactive ketones (excluding diaryl/α,β-unsaturated/α-hetero) is 1. The molecule has 2 fully saturated rings. The Hall–Kier alpha value is -0.420. The molecule has 4 nitrogen and oxygen atoms in total. The molecule has 0 aliphatic heterocycles. The van der Waals surface area contributed by atoms with Crippen LogP contribution in [0.25, 0.3) is 0 Å². The number of carbonyl (C=O) groups excluding carboxylic acids is 1. The predicted molar refractivity (Wildman–Crippen MR) is 61.7 cm³/mol. The highest BCUT2D eigenvalue weighted by Gasteiger charge is 2.65. The Morgan fingerprint density at radius 2 is 2.00 bits per heavy atom. The molecule has 0 aromatic rings. The Kier molecular flexibility index (Phi) is 3.01. The first kappa shape index (κ1) is 13.6. The van der Waals surface area contributed by atoms with Crippen LogP contribution >= 0.6 is 0 Å². The van der Waals surface area contributed by atoms with Crippen LogP contribution < -0.4 is 0 Å². The minimum atomic E-state index is -4.08. The summed E-state index contributed by atoms with van der Waals surface area (Å²) in [6.45, 7) is 3.89. The van der Waals surface area contributed by atoms with Crippen LogP contribution in [-0.4, -0.2) is 24.5 Å². The average molecular weight is 248 g/mol. The Morgan fingerprint density at radius 1 is 1.44 bits per heavy atom. The van der Waals surface area contributed by atoms with E-state index in [2.05, 4.69) is 0 Å². The Balaban J connectivity index is 0.00000128. The molecule has 0 spiro atoms. The van der Waals surface area contributed by atoms with Gasteiger partial charge in [-0.2, -0.15) is 8.42 Å². The molecule has 5 heteroatoms. The normalized spacial score (nSPS) is 36.2. The van der Waals surface area contributed by atoms with Crippen molar-refractivity contribution in [1.82, 2.24) is 0 Å². The fraction of sp³-hybridized carbons (Fsp3) is 0.909. The van der Waals surface area contributed by atoms with E-state index in [9.17, 15) is 13.2 Å². The lowest BCUT2D eigenvalue weighted by atomic mass is 9.70. The number of rotatable bonds is 2. The van der Waals surface area contributed by atoms with Crippen LogP contribution in [-0.2, 0) is 14.9 Å². The minimum absolute atomic E-state index is 0. The van der Waals surface area contributed by atoms with Crippen molar-refractivity contribution in [3.63, 3.8) is 0 Å². The van der Waals surface area contributed by atoms with Crippen molar-refractivity contribution in [2.75, 3.05) is 5.75 Å². The number of ketones is 1. The summed E-state index contributed by atoms with van der Waals surface area (Å²) in [6.07, 6.45) is 1.97. The quantitative estimate of drug-likeness (QED) is 0.758. The maximum absolute atomic E-state index is 11.9. The van der Waals surface area contributed by atoms with Crippen molar-refractivity contribution in [3.05, 3.63) is 0 Å². The van der Waals surface area contributed by atoms with E-state index in [1.165, 1.54) is 0 Å². The van der Waals surface area contributed by atoms with Gasteiger partial charge >= 0.3 is 0 Å². The fourth-order valence-corrected chi connectivity index (χ4v) is 4.72. The third-order valence-electron chi connectivity index (χ3n) is 4.57. The van der Waals surface area contributed by atoms with Gasteiger partial charge in [0.05, 0.1) is 11.2 Å². The highest BCUT2D eigenvalue weighted by molar-refractivity contribution is 7.85. The summed E-state index contributed by atoms with van der Waals surface area (Å²) < 4.78 is 31.0. The van der Waals surface area contributed by atoms with Crippen molar-refractivity contribution >= 4 is 15.9 Å². The maximum Gasteiger partial charge on any atom is 0.265 e. The molecule has 0 saturated heterocycles. The molecule has 1 N–H and O–H groups in total. The third kappa shape index (κ3) is 1.61. The van der Waals surface area contributed by atoms with Gasteiger partial charge in [0.1, 0.15) is 5.78 Å². The smallest absolute Gasteiger partial charge is 0.265 e. The third-order valence-corrected chi connectivity index (χ3v) is 5.43. The zero-order valence-corrected chi connectivity index (χ0v) is 9.80. The fourth-order valence-electron chi connectivity index (χ4n) is 3.42. The van der Waals surface area contributed by atoms with Gasteiger partial charge in [0, 0.05) is 6.42 Å². The van der Waals surface area contributed by atoms with E-state index in [1.54, 1.807) is 0 Å². The highest BCUT2D eigenvalue weighted by atomic mass is 32.2. The van der Waals surface area contributed by atoms with Gasteiger partial charge in [0.15, 0.2) is 0 Å². The van der Waals surface area contributed by atoms with Crippen LogP contribution in [0.5, 0.6) is 0 Å². The molecule has 0 heterocycles. The van der Waals surface area contributed by atoms with E-state index in [0.717, 1.165) is 6.42 Å². The van der Waals surface area contributed by atoms with E-state index in [1.807, 2.05) is 13.8 Å². The molecule has 0 aromatic carbocycles. The van der Waals surface area contributed by atoms with Crippen molar-refractivity contribution in [2.24, 2.45) is 16.7 Å². The van der Waals surface area contributed by atoms with Gasteiger partial charge in [-0.15, -0.1) is 0 Å². The maximum atomic E-state index is 11.9. The first-order chi connectivity index (χ1) is 6.69. The summed E-state index contributed by atoms with van der Waals surface area (Å²) in [5.74, 6) is -0.101. The summed E-state index contributed by atoms with van der Waals surface area (Å²) in [7, 11) is -4.08. The summed E-state index contributed by atoms with van der Waals surface area (Å²) >= 11 is 0. The number of hydrogen-bond acceptors (Lipinski definition) is 3. The molecule has 2 atom stereocenters. The molecule has 16 heavy (non-hydrogen) atoms. The van der Waals surface area contributed by atoms with Crippen LogP contribution in [0.4, 0.5) is 0 Å². The zero-order chi connectivity index (χ0) is 11.5. The molecule has 2 aliphatic carbocycles. The lowest BCUT2D eigenvalue weighted by Gasteiger charge is -2.35. The molecule has 0 aromatic heterocycles. The summed E-state index contributed by atoms with van der Waals surface area (Å²) in [6, 6.07) is 0. The lowest BCUT2D eigenvalue weighted by molar-refractivity contribution is -0.128. The van der Waals surface area contributed by atoms with Gasteiger partial charge in [0.2, 0.25) is 0 Å². The molecule has 2 saturated carbocycles. The van der Waals surface area contributed by atoms with Crippen molar-refractivity contribution in [2.45, 2.75) is 40.5 Å². The molecule has 2 unspecified atom stereocenters. The molecule has 2 rings (SSSR count). The monoisotopic (exact) mass is 248 g/mol. The van der Waals surface area contributed by atoms with Crippen molar-refractivity contribution < 1.29 is 17.8 Å². The van der Waals surface area contributed by atoms with Gasteiger partial charge in [-0.1, -0.05) is 21.3 Å². The molecule has 94 valence electrons. The van der Waals surface area contributed by atoms with Crippen molar-refractivity contribution in [1.29, 1.82) is 0 Å². The predicted octanol–water partition coefficient (Wildman–Crippen LogP) is 1.91. The van der Waals surface area contributed by atoms with Crippen molar-refractivity contribution in [3.8, 4) is 0 Å². The molecular formula is C11H20O4S. The van der Waals surface area contributed by atoms with Crippen LogP contribution in [0, 0.1) is 16.7 Å². The van der Waals surface area contributed by atoms with Gasteiger partial charge < -0.3 is 0 Å². The minimum Gasteiger partial charge on any atom is -0.299 e. The summed E-state index contributed by atoms with van der Waals surface area (Å²) in [5, 5.41) is 0. The second-order valence-electron chi connectivity index (χ2n) is 5.39. The Morgan fingerprint density at radius 3 is 2.31 bits per heavy atom. The second-order valence-corrected chi connectivity index (χ2v) is 6.85. The first-order valence-corrected chi connectivity index (χ1v) is 6.78. The van der Waals surface area contributed by atoms with Crippen LogP contribution in [0.2, 0.25) is 0 Å². The first-order valence-electron chi connectivity index (χ1n) is 5.17. The van der Waals surface area contributed by atoms with E-state index in [4.69, 9.17) is 4.55 Å². The van der Waals surface area contributed by atoms with Crippen LogP contribution in [0.1, 0.15) is 40.5 Å². The average Bonchev–Trinajstić information content (AvgIpc) is 2.34. The Bertz CT molecular complexity index is 410. The summed E-state index contributed by atoms with van der Waals surface area (Å²) in [4.78, 5) is 11.9. The summed E-state index contributed by atoms with van der Waals surface area (Å²) in [5.41, 5.74) is -1.12. The van der Waals surface area contributed by atoms with Gasteiger partial charge in [-0.3, -0.25) is 9.35 Å². The van der Waals surface area contributed by atoms with Gasteiger partial charge in [0.25, 0.3) is 10.1 Å². The highest BCUT2D eigenvalue weighted by Crippen LogP contribution is 2.64.